The van der Waals surface area contributed by atoms with Crippen molar-refractivity contribution in [3.8, 4) is 17.9 Å². The number of hydrogen-bond donors (Lipinski definition) is 1. The van der Waals surface area contributed by atoms with Crippen LogP contribution >= 0.6 is 0 Å². The molecule has 68 valence electrons. The summed E-state index contributed by atoms with van der Waals surface area (Å²) in [5, 5.41) is 16.8. The number of nitriles is 1. The highest BCUT2D eigenvalue weighted by Gasteiger charge is 2.07. The largest absolute Gasteiger partial charge is 0.462 e. The fourth-order valence-electron chi connectivity index (χ4n) is 0.515. The minimum absolute atomic E-state index is 0.164. The van der Waals surface area contributed by atoms with E-state index in [2.05, 4.69) is 16.6 Å². The van der Waals surface area contributed by atoms with Gasteiger partial charge < -0.3 is 9.84 Å². The highest BCUT2D eigenvalue weighted by molar-refractivity contribution is 5.93. The molecule has 4 nitrogen and oxygen atoms in total. The first-order valence-corrected chi connectivity index (χ1v) is 3.62. The second kappa shape index (κ2) is 6.90. The smallest absolute Gasteiger partial charge is 0.349 e. The molecule has 0 aliphatic heterocycles. The van der Waals surface area contributed by atoms with Crippen molar-refractivity contribution in [3.05, 3.63) is 11.6 Å². The average Bonchev–Trinajstić information content (AvgIpc) is 2.13. The van der Waals surface area contributed by atoms with E-state index in [9.17, 15) is 4.79 Å². The number of aliphatic hydroxyl groups is 1. The molecule has 0 aromatic heterocycles. The quantitative estimate of drug-likeness (QED) is 0.280. The van der Waals surface area contributed by atoms with Gasteiger partial charge in [0.15, 0.2) is 0 Å². The third-order valence-electron chi connectivity index (χ3n) is 1.01. The zero-order chi connectivity index (χ0) is 10.1. The second-order valence-corrected chi connectivity index (χ2v) is 1.87. The Morgan fingerprint density at radius 3 is 2.85 bits per heavy atom. The molecule has 13 heavy (non-hydrogen) atoms. The Balaban J connectivity index is 4.43. The third-order valence-corrected chi connectivity index (χ3v) is 1.01. The minimum atomic E-state index is -0.697. The number of carbonyl (C=O) groups excluding carboxylic acids is 1. The number of hydrogen-bond acceptors (Lipinski definition) is 4. The first kappa shape index (κ1) is 11.2. The van der Waals surface area contributed by atoms with Gasteiger partial charge in [-0.15, -0.1) is 0 Å². The van der Waals surface area contributed by atoms with Gasteiger partial charge in [-0.3, -0.25) is 0 Å². The summed E-state index contributed by atoms with van der Waals surface area (Å²) in [7, 11) is 0. The van der Waals surface area contributed by atoms with Gasteiger partial charge in [-0.05, 0) is 6.92 Å². The van der Waals surface area contributed by atoms with Gasteiger partial charge in [0.25, 0.3) is 0 Å². The van der Waals surface area contributed by atoms with Gasteiger partial charge in [-0.1, -0.05) is 11.8 Å². The Bertz CT molecular complexity index is 301. The van der Waals surface area contributed by atoms with Crippen molar-refractivity contribution >= 4 is 5.97 Å². The lowest BCUT2D eigenvalue weighted by Crippen LogP contribution is -2.05. The van der Waals surface area contributed by atoms with Crippen LogP contribution < -0.4 is 0 Å². The molecule has 0 saturated carbocycles. The van der Waals surface area contributed by atoms with Gasteiger partial charge >= 0.3 is 5.97 Å². The normalized spacial score (nSPS) is 9.46. The van der Waals surface area contributed by atoms with Gasteiger partial charge in [0.2, 0.25) is 0 Å². The molecule has 1 N–H and O–H groups in total. The summed E-state index contributed by atoms with van der Waals surface area (Å²) in [6.07, 6.45) is 1.12. The lowest BCUT2D eigenvalue weighted by molar-refractivity contribution is -0.138. The summed E-state index contributed by atoms with van der Waals surface area (Å²) in [6.45, 7) is 1.55. The molecule has 0 aromatic rings. The number of nitrogens with zero attached hydrogens (tertiary/aromatic N) is 1. The molecular weight excluding hydrogens is 170 g/mol. The van der Waals surface area contributed by atoms with E-state index in [1.165, 1.54) is 0 Å². The van der Waals surface area contributed by atoms with Gasteiger partial charge in [0, 0.05) is 6.08 Å². The lowest BCUT2D eigenvalue weighted by Gasteiger charge is -1.96. The van der Waals surface area contributed by atoms with E-state index in [1.807, 2.05) is 0 Å². The van der Waals surface area contributed by atoms with Crippen LogP contribution in [0.15, 0.2) is 11.6 Å². The lowest BCUT2D eigenvalue weighted by atomic mass is 10.3. The van der Waals surface area contributed by atoms with E-state index >= 15 is 0 Å². The predicted octanol–water partition coefficient (Wildman–Crippen LogP) is -0.00482. The molecule has 0 unspecified atom stereocenters. The van der Waals surface area contributed by atoms with Crippen LogP contribution in [-0.2, 0) is 9.53 Å². The van der Waals surface area contributed by atoms with Crippen LogP contribution in [0.1, 0.15) is 6.92 Å². The molecule has 0 heterocycles. The number of esters is 1. The first-order valence-electron chi connectivity index (χ1n) is 3.62. The fourth-order valence-corrected chi connectivity index (χ4v) is 0.515. The molecule has 0 bridgehead atoms. The SMILES string of the molecule is CCOC(=O)/C(C#N)=C/C#CCO. The monoisotopic (exact) mass is 179 g/mol. The molecule has 4 heteroatoms. The van der Waals surface area contributed by atoms with Crippen LogP contribution in [-0.4, -0.2) is 24.3 Å². The molecule has 0 fully saturated rings. The number of carbonyl (C=O) groups is 1. The van der Waals surface area contributed by atoms with Crippen LogP contribution in [0, 0.1) is 23.2 Å². The van der Waals surface area contributed by atoms with Crippen LogP contribution in [0.2, 0.25) is 0 Å². The van der Waals surface area contributed by atoms with Crippen molar-refractivity contribution < 1.29 is 14.6 Å². The third kappa shape index (κ3) is 4.62. The molecular formula is C9H9NO3. The number of allylic oxidation sites excluding steroid dienone is 1. The molecule has 0 aliphatic rings. The van der Waals surface area contributed by atoms with Gasteiger partial charge in [0.05, 0.1) is 6.61 Å². The fraction of sp³-hybridized carbons (Fsp3) is 0.333. The Morgan fingerprint density at radius 1 is 1.69 bits per heavy atom. The zero-order valence-electron chi connectivity index (χ0n) is 7.20. The summed E-state index contributed by atoms with van der Waals surface area (Å²) in [6, 6.07) is 1.65. The number of aliphatic hydroxyl groups excluding tert-OH is 1. The molecule has 0 amide bonds. The predicted molar refractivity (Wildman–Crippen MR) is 45.2 cm³/mol. The van der Waals surface area contributed by atoms with E-state index in [1.54, 1.807) is 13.0 Å². The molecule has 0 aliphatic carbocycles. The number of rotatable bonds is 2. The van der Waals surface area contributed by atoms with Crippen LogP contribution in [0.4, 0.5) is 0 Å². The van der Waals surface area contributed by atoms with Crippen LogP contribution in [0.5, 0.6) is 0 Å². The maximum Gasteiger partial charge on any atom is 0.349 e. The van der Waals surface area contributed by atoms with Crippen LogP contribution in [0.25, 0.3) is 0 Å². The summed E-state index contributed by atoms with van der Waals surface area (Å²) in [5.41, 5.74) is -0.164. The Hall–Kier alpha value is -1.78. The standard InChI is InChI=1S/C9H9NO3/c1-2-13-9(12)8(7-10)5-3-4-6-11/h5,11H,2,6H2,1H3/b8-5+. The Kier molecular flexibility index (Phi) is 5.96. The van der Waals surface area contributed by atoms with Crippen molar-refractivity contribution in [2.24, 2.45) is 0 Å². The molecule has 0 saturated heterocycles. The molecule has 0 aromatic carbocycles. The highest BCUT2D eigenvalue weighted by atomic mass is 16.5. The molecule has 0 atom stereocenters. The van der Waals surface area contributed by atoms with Crippen molar-refractivity contribution in [2.45, 2.75) is 6.92 Å². The maximum atomic E-state index is 10.9. The summed E-state index contributed by atoms with van der Waals surface area (Å²) >= 11 is 0. The van der Waals surface area contributed by atoms with Crippen LogP contribution in [0.3, 0.4) is 0 Å². The zero-order valence-corrected chi connectivity index (χ0v) is 7.20. The van der Waals surface area contributed by atoms with Gasteiger partial charge in [0.1, 0.15) is 18.2 Å². The van der Waals surface area contributed by atoms with Gasteiger partial charge in [-0.2, -0.15) is 5.26 Å². The highest BCUT2D eigenvalue weighted by Crippen LogP contribution is 1.95. The molecule has 0 rings (SSSR count). The Morgan fingerprint density at radius 2 is 2.38 bits per heavy atom. The minimum Gasteiger partial charge on any atom is -0.462 e. The average molecular weight is 179 g/mol. The van der Waals surface area contributed by atoms with Gasteiger partial charge in [-0.25, -0.2) is 4.79 Å². The van der Waals surface area contributed by atoms with Crippen molar-refractivity contribution in [1.82, 2.24) is 0 Å². The van der Waals surface area contributed by atoms with Crippen molar-refractivity contribution in [3.63, 3.8) is 0 Å². The van der Waals surface area contributed by atoms with Crippen molar-refractivity contribution in [2.75, 3.05) is 13.2 Å². The molecule has 0 radical (unpaired) electrons. The first-order chi connectivity index (χ1) is 6.26. The summed E-state index contributed by atoms with van der Waals surface area (Å²) < 4.78 is 4.57. The second-order valence-electron chi connectivity index (χ2n) is 1.87. The van der Waals surface area contributed by atoms with E-state index < -0.39 is 5.97 Å². The topological polar surface area (TPSA) is 70.3 Å². The van der Waals surface area contributed by atoms with E-state index in [0.717, 1.165) is 6.08 Å². The number of ether oxygens (including phenoxy) is 1. The maximum absolute atomic E-state index is 10.9. The van der Waals surface area contributed by atoms with E-state index in [4.69, 9.17) is 10.4 Å². The van der Waals surface area contributed by atoms with E-state index in [0.29, 0.717) is 0 Å². The summed E-state index contributed by atoms with van der Waals surface area (Å²) in [4.78, 5) is 10.9. The van der Waals surface area contributed by atoms with Crippen molar-refractivity contribution in [1.29, 1.82) is 5.26 Å². The summed E-state index contributed by atoms with van der Waals surface area (Å²) in [5.74, 6) is 3.92. The molecule has 0 spiro atoms. The van der Waals surface area contributed by atoms with E-state index in [-0.39, 0.29) is 18.8 Å². The Labute approximate surface area is 76.4 Å².